The average Bonchev–Trinajstić information content (AvgIpc) is 2.98. The Morgan fingerprint density at radius 2 is 1.79 bits per heavy atom. The third-order valence-corrected chi connectivity index (χ3v) is 9.14. The van der Waals surface area contributed by atoms with E-state index in [1.807, 2.05) is 62.2 Å². The molecule has 0 saturated heterocycles. The molecule has 2 unspecified atom stereocenters. The molecule has 2 aromatic carbocycles. The Labute approximate surface area is 254 Å². The van der Waals surface area contributed by atoms with Crippen LogP contribution in [0.15, 0.2) is 71.7 Å². The van der Waals surface area contributed by atoms with Crippen molar-refractivity contribution in [3.63, 3.8) is 0 Å². The predicted octanol–water partition coefficient (Wildman–Crippen LogP) is 5.89. The van der Waals surface area contributed by atoms with E-state index in [2.05, 4.69) is 47.3 Å². The molecule has 0 bridgehead atoms. The van der Waals surface area contributed by atoms with Crippen LogP contribution in [0, 0.1) is 12.3 Å². The maximum absolute atomic E-state index is 12.6. The Morgan fingerprint density at radius 3 is 2.36 bits per heavy atom. The summed E-state index contributed by atoms with van der Waals surface area (Å²) in [4.78, 5) is 24.4. The van der Waals surface area contributed by atoms with Crippen LogP contribution in [0.2, 0.25) is 0 Å². The number of nitrogens with zero attached hydrogens (tertiary/aromatic N) is 1. The van der Waals surface area contributed by atoms with Gasteiger partial charge in [0, 0.05) is 18.0 Å². The summed E-state index contributed by atoms with van der Waals surface area (Å²) in [6.07, 6.45) is 14.3. The molecule has 2 aliphatic carbocycles. The van der Waals surface area contributed by atoms with Crippen molar-refractivity contribution in [1.82, 2.24) is 14.9 Å². The van der Waals surface area contributed by atoms with E-state index >= 15 is 0 Å². The lowest BCUT2D eigenvalue weighted by Gasteiger charge is -2.32. The van der Waals surface area contributed by atoms with Gasteiger partial charge in [0.2, 0.25) is 6.41 Å². The van der Waals surface area contributed by atoms with Gasteiger partial charge in [-0.15, -0.1) is 0 Å². The standard InChI is InChI=1S/C24H34N2O3S.C10H13NO/c1-24(18-26(2)17-23(27)29-3)15-13-20(14-16-24)19-9-11-22(12-10-19)30(28)25-21-7-5-4-6-8-21;1-8-3-5-10(6-4-8)9(2)11-7-12/h9-15,21,25H,4-8,16-18H2,1-3H3;3-7,9H,1-2H3,(H,11,12)/t;9-/m.1/s1. The van der Waals surface area contributed by atoms with E-state index in [9.17, 15) is 13.8 Å². The monoisotopic (exact) mass is 593 g/mol. The molecule has 0 heterocycles. The quantitative estimate of drug-likeness (QED) is 0.251. The number of amides is 1. The van der Waals surface area contributed by atoms with Crippen molar-refractivity contribution in [3.8, 4) is 0 Å². The topological polar surface area (TPSA) is 87.7 Å². The van der Waals surface area contributed by atoms with Gasteiger partial charge in [-0.25, -0.2) is 8.93 Å². The molecule has 7 nitrogen and oxygen atoms in total. The first-order chi connectivity index (χ1) is 20.1. The molecule has 42 heavy (non-hydrogen) atoms. The Morgan fingerprint density at radius 1 is 1.12 bits per heavy atom. The fourth-order valence-corrected chi connectivity index (χ4v) is 6.38. The zero-order chi connectivity index (χ0) is 30.5. The van der Waals surface area contributed by atoms with Gasteiger partial charge in [-0.3, -0.25) is 14.5 Å². The number of hydrogen-bond acceptors (Lipinski definition) is 5. The van der Waals surface area contributed by atoms with Crippen LogP contribution < -0.4 is 10.0 Å². The average molecular weight is 594 g/mol. The van der Waals surface area contributed by atoms with Crippen molar-refractivity contribution in [2.75, 3.05) is 27.2 Å². The van der Waals surface area contributed by atoms with Crippen LogP contribution in [0.1, 0.15) is 75.1 Å². The lowest BCUT2D eigenvalue weighted by atomic mass is 9.80. The molecule has 0 aromatic heterocycles. The molecule has 1 amide bonds. The summed E-state index contributed by atoms with van der Waals surface area (Å²) < 4.78 is 20.7. The highest BCUT2D eigenvalue weighted by molar-refractivity contribution is 7.83. The number of nitrogens with one attached hydrogen (secondary N) is 2. The fraction of sp³-hybridized carbons (Fsp3) is 0.471. The third kappa shape index (κ3) is 10.6. The van der Waals surface area contributed by atoms with E-state index in [0.29, 0.717) is 12.6 Å². The first-order valence-electron chi connectivity index (χ1n) is 14.8. The number of esters is 1. The molecule has 2 aliphatic rings. The molecule has 2 N–H and O–H groups in total. The fourth-order valence-electron chi connectivity index (χ4n) is 5.32. The van der Waals surface area contributed by atoms with Crippen molar-refractivity contribution in [2.24, 2.45) is 5.41 Å². The molecule has 0 radical (unpaired) electrons. The number of hydrogen-bond donors (Lipinski definition) is 2. The highest BCUT2D eigenvalue weighted by Gasteiger charge is 2.25. The van der Waals surface area contributed by atoms with Crippen LogP contribution >= 0.6 is 0 Å². The van der Waals surface area contributed by atoms with E-state index in [1.165, 1.54) is 37.5 Å². The lowest BCUT2D eigenvalue weighted by molar-refractivity contribution is -0.141. The molecule has 0 aliphatic heterocycles. The molecule has 3 atom stereocenters. The second-order valence-corrected chi connectivity index (χ2v) is 13.0. The van der Waals surface area contributed by atoms with Gasteiger partial charge in [0.1, 0.15) is 11.0 Å². The third-order valence-electron chi connectivity index (χ3n) is 7.89. The van der Waals surface area contributed by atoms with Crippen LogP contribution in [0.5, 0.6) is 0 Å². The Balaban J connectivity index is 0.000000337. The molecular weight excluding hydrogens is 546 g/mol. The number of carbonyl (C=O) groups is 2. The molecule has 1 saturated carbocycles. The van der Waals surface area contributed by atoms with E-state index in [0.717, 1.165) is 48.2 Å². The molecule has 4 rings (SSSR count). The van der Waals surface area contributed by atoms with Crippen molar-refractivity contribution in [2.45, 2.75) is 76.3 Å². The number of aryl methyl sites for hydroxylation is 1. The Hall–Kier alpha value is -3.07. The van der Waals surface area contributed by atoms with Crippen LogP contribution in [-0.4, -0.2) is 54.8 Å². The normalized spacial score (nSPS) is 20.1. The summed E-state index contributed by atoms with van der Waals surface area (Å²) in [5.41, 5.74) is 4.66. The molecular formula is C34H47N3O4S. The molecule has 1 fully saturated rings. The number of ether oxygens (including phenoxy) is 1. The second-order valence-electron chi connectivity index (χ2n) is 11.8. The lowest BCUT2D eigenvalue weighted by Crippen LogP contribution is -2.36. The highest BCUT2D eigenvalue weighted by atomic mass is 32.2. The zero-order valence-electron chi connectivity index (χ0n) is 25.7. The van der Waals surface area contributed by atoms with Crippen molar-refractivity contribution >= 4 is 28.9 Å². The minimum absolute atomic E-state index is 0.0162. The van der Waals surface area contributed by atoms with Crippen molar-refractivity contribution in [1.29, 1.82) is 0 Å². The van der Waals surface area contributed by atoms with E-state index in [4.69, 9.17) is 4.74 Å². The maximum atomic E-state index is 12.6. The van der Waals surface area contributed by atoms with E-state index < -0.39 is 11.0 Å². The summed E-state index contributed by atoms with van der Waals surface area (Å²) in [6, 6.07) is 16.6. The first-order valence-corrected chi connectivity index (χ1v) is 16.0. The van der Waals surface area contributed by atoms with E-state index in [1.54, 1.807) is 0 Å². The smallest absolute Gasteiger partial charge is 0.319 e. The number of likely N-dealkylation sites (N-methyl/N-ethyl adjacent to an activating group) is 1. The summed E-state index contributed by atoms with van der Waals surface area (Å²) in [6.45, 7) is 7.28. The second kappa shape index (κ2) is 16.5. The van der Waals surface area contributed by atoms with Gasteiger partial charge in [0.15, 0.2) is 0 Å². The summed E-state index contributed by atoms with van der Waals surface area (Å²) >= 11 is 0. The van der Waals surface area contributed by atoms with Crippen molar-refractivity contribution in [3.05, 3.63) is 83.4 Å². The van der Waals surface area contributed by atoms with Crippen molar-refractivity contribution < 1.29 is 18.5 Å². The first kappa shape index (κ1) is 33.4. The van der Waals surface area contributed by atoms with Gasteiger partial charge >= 0.3 is 5.97 Å². The number of carbonyl (C=O) groups excluding carboxylic acids is 2. The largest absolute Gasteiger partial charge is 0.468 e. The number of allylic oxidation sites excluding steroid dienone is 3. The summed E-state index contributed by atoms with van der Waals surface area (Å²) in [7, 11) is 2.21. The predicted molar refractivity (Wildman–Crippen MR) is 171 cm³/mol. The number of rotatable bonds is 11. The SMILES string of the molecule is COC(=O)CN(C)CC1(C)C=CC(c2ccc(S(=O)NC3CCCCC3)cc2)=CC1.Cc1ccc([C@@H](C)NC=O)cc1. The molecule has 228 valence electrons. The zero-order valence-corrected chi connectivity index (χ0v) is 26.5. The van der Waals surface area contributed by atoms with Crippen LogP contribution in [0.3, 0.4) is 0 Å². The number of benzene rings is 2. The van der Waals surface area contributed by atoms with Gasteiger partial charge in [0.05, 0.1) is 24.6 Å². The summed E-state index contributed by atoms with van der Waals surface area (Å²) in [5, 5.41) is 2.70. The summed E-state index contributed by atoms with van der Waals surface area (Å²) in [5.74, 6) is -0.215. The minimum Gasteiger partial charge on any atom is -0.468 e. The van der Waals surface area contributed by atoms with E-state index in [-0.39, 0.29) is 17.4 Å². The Kier molecular flexibility index (Phi) is 13.2. The molecule has 0 spiro atoms. The van der Waals surface area contributed by atoms with Gasteiger partial charge in [-0.1, -0.05) is 86.4 Å². The van der Waals surface area contributed by atoms with Crippen LogP contribution in [0.25, 0.3) is 5.57 Å². The number of methoxy groups -OCH3 is 1. The highest BCUT2D eigenvalue weighted by Crippen LogP contribution is 2.33. The minimum atomic E-state index is -1.15. The van der Waals surface area contributed by atoms with Crippen LogP contribution in [0.4, 0.5) is 0 Å². The molecule has 8 heteroatoms. The van der Waals surface area contributed by atoms with Gasteiger partial charge in [-0.2, -0.15) is 0 Å². The van der Waals surface area contributed by atoms with Crippen LogP contribution in [-0.2, 0) is 25.3 Å². The van der Waals surface area contributed by atoms with Gasteiger partial charge in [0.25, 0.3) is 0 Å². The maximum Gasteiger partial charge on any atom is 0.319 e. The molecule has 2 aromatic rings. The Bertz CT molecular complexity index is 1240. The van der Waals surface area contributed by atoms with Gasteiger partial charge in [-0.05, 0) is 69.0 Å². The van der Waals surface area contributed by atoms with Gasteiger partial charge < -0.3 is 10.1 Å².